The number of allylic oxidation sites excluding steroid dienone is 1. The highest BCUT2D eigenvalue weighted by Gasteiger charge is 2.38. The van der Waals surface area contributed by atoms with Gasteiger partial charge in [-0.15, -0.1) is 0 Å². The summed E-state index contributed by atoms with van der Waals surface area (Å²) in [6, 6.07) is 15.8. The monoisotopic (exact) mass is 1050 g/mol. The van der Waals surface area contributed by atoms with Crippen LogP contribution in [-0.4, -0.2) is 123 Å². The maximum Gasteiger partial charge on any atom is 0.324 e. The molecule has 73 heavy (non-hydrogen) atoms. The fourth-order valence-corrected chi connectivity index (χ4v) is 9.75. The number of carbonyl (C=O) groups excluding carboxylic acids is 5. The van der Waals surface area contributed by atoms with Crippen molar-refractivity contribution in [3.05, 3.63) is 113 Å². The molecule has 0 radical (unpaired) electrons. The molecular weight excluding hydrogens is 981 g/mol. The highest BCUT2D eigenvalue weighted by Crippen LogP contribution is 2.41. The average molecular weight is 1060 g/mol. The number of aromatic nitrogens is 3. The van der Waals surface area contributed by atoms with Gasteiger partial charge in [-0.3, -0.25) is 38.9 Å². The maximum absolute atomic E-state index is 14.8. The Balaban J connectivity index is 0.00000385. The number of hydrogen-bond donors (Lipinski definition) is 3. The largest absolute Gasteiger partial charge is 0.508 e. The fraction of sp³-hybridized carbons (Fsp3) is 0.436. The van der Waals surface area contributed by atoms with Gasteiger partial charge in [0.2, 0.25) is 5.91 Å². The van der Waals surface area contributed by atoms with Gasteiger partial charge >= 0.3 is 5.97 Å². The standard InChI is InChI=1S/C55H68N8O7.3H2S/c1-10-44-41(16-12-22-56-44)50-43-31-55(5,6)33-70-54(69)46-17-14-24-63(59-46)53(68)47(28-36-25-38(29-40(65)27-36)37-19-21-48(42(43)30-37)62(50)11-2)58-51(66)49(34(3)4)61(9)52(67)45-20-18-35(32-57-45)26-39(64)15-13-23-60(7)8;;;/h12-13,15-16,18-22,25,27,29-30,32,34,46-47,49,59,65H,10-11,14,17,23-24,26,28,31,33H2,1-9H3,(H,58,66);3*1H2/b15-13+;;;/t46-,47-,49-;;;/m0.../s1. The number of nitrogens with one attached hydrogen (secondary N) is 2. The van der Waals surface area contributed by atoms with Crippen molar-refractivity contribution in [2.45, 2.75) is 105 Å². The number of ketones is 1. The molecule has 1 fully saturated rings. The minimum Gasteiger partial charge on any atom is -0.508 e. The molecule has 5 aromatic rings. The summed E-state index contributed by atoms with van der Waals surface area (Å²) in [6.07, 6.45) is 9.00. The van der Waals surface area contributed by atoms with Crippen LogP contribution in [0, 0.1) is 11.3 Å². The van der Waals surface area contributed by atoms with Crippen LogP contribution in [0.2, 0.25) is 0 Å². The zero-order valence-electron chi connectivity index (χ0n) is 43.5. The molecule has 2 aliphatic rings. The van der Waals surface area contributed by atoms with E-state index in [-0.39, 0.29) is 83.7 Å². The Morgan fingerprint density at radius 3 is 2.41 bits per heavy atom. The quantitative estimate of drug-likeness (QED) is 0.0812. The molecule has 0 aliphatic carbocycles. The number of likely N-dealkylation sites (N-methyl/N-ethyl adjacent to an activating group) is 2. The Morgan fingerprint density at radius 1 is 0.986 bits per heavy atom. The third kappa shape index (κ3) is 14.1. The topological polar surface area (TPSA) is 179 Å². The normalized spacial score (nSPS) is 17.2. The van der Waals surface area contributed by atoms with Gasteiger partial charge in [0.05, 0.1) is 12.3 Å². The van der Waals surface area contributed by atoms with Gasteiger partial charge in [-0.2, -0.15) is 40.5 Å². The number of hydrazine groups is 1. The van der Waals surface area contributed by atoms with E-state index in [0.717, 1.165) is 51.0 Å². The number of benzene rings is 2. The molecule has 2 aliphatic heterocycles. The van der Waals surface area contributed by atoms with E-state index in [4.69, 9.17) is 9.72 Å². The summed E-state index contributed by atoms with van der Waals surface area (Å²) in [5, 5.41) is 16.7. The first-order chi connectivity index (χ1) is 33.4. The summed E-state index contributed by atoms with van der Waals surface area (Å²) in [6.45, 7) is 13.8. The molecule has 3 N–H and O–H groups in total. The summed E-state index contributed by atoms with van der Waals surface area (Å²) >= 11 is 0. The summed E-state index contributed by atoms with van der Waals surface area (Å²) < 4.78 is 8.43. The number of nitrogens with zero attached hydrogens (tertiary/aromatic N) is 6. The van der Waals surface area contributed by atoms with E-state index in [1.54, 1.807) is 30.3 Å². The second-order valence-corrected chi connectivity index (χ2v) is 20.0. The summed E-state index contributed by atoms with van der Waals surface area (Å²) in [5.41, 5.74) is 10.7. The molecule has 3 amide bonds. The Hall–Kier alpha value is -5.66. The zero-order chi connectivity index (χ0) is 50.4. The number of esters is 1. The molecule has 2 aromatic carbocycles. The molecule has 7 rings (SSSR count). The van der Waals surface area contributed by atoms with Gasteiger partial charge in [0.15, 0.2) is 5.78 Å². The second-order valence-electron chi connectivity index (χ2n) is 20.0. The number of rotatable bonds is 13. The first-order valence-electron chi connectivity index (χ1n) is 24.4. The second kappa shape index (κ2) is 26.0. The van der Waals surface area contributed by atoms with Crippen LogP contribution in [0.1, 0.15) is 87.3 Å². The van der Waals surface area contributed by atoms with Crippen LogP contribution in [0.5, 0.6) is 5.75 Å². The number of phenols is 1. The molecule has 5 heterocycles. The molecule has 3 aromatic heterocycles. The molecular formula is C55H74N8O7S3. The zero-order valence-corrected chi connectivity index (χ0v) is 46.5. The van der Waals surface area contributed by atoms with Crippen molar-refractivity contribution in [2.24, 2.45) is 11.3 Å². The van der Waals surface area contributed by atoms with Crippen LogP contribution in [0.25, 0.3) is 33.3 Å². The predicted octanol–water partition coefficient (Wildman–Crippen LogP) is 7.07. The number of carbonyl (C=O) groups is 5. The minimum absolute atomic E-state index is 0. The summed E-state index contributed by atoms with van der Waals surface area (Å²) in [4.78, 5) is 82.2. The van der Waals surface area contributed by atoms with E-state index >= 15 is 0 Å². The van der Waals surface area contributed by atoms with Crippen molar-refractivity contribution >= 4 is 80.9 Å². The summed E-state index contributed by atoms with van der Waals surface area (Å²) in [5.74, 6) is -2.54. The highest BCUT2D eigenvalue weighted by atomic mass is 32.1. The Morgan fingerprint density at radius 2 is 1.74 bits per heavy atom. The lowest BCUT2D eigenvalue weighted by Crippen LogP contribution is -2.62. The van der Waals surface area contributed by atoms with Crippen molar-refractivity contribution in [2.75, 3.05) is 40.8 Å². The number of phenolic OH excluding ortho intramolecular Hbond substituents is 1. The van der Waals surface area contributed by atoms with Crippen LogP contribution >= 0.6 is 40.5 Å². The van der Waals surface area contributed by atoms with E-state index in [9.17, 15) is 29.1 Å². The van der Waals surface area contributed by atoms with Gasteiger partial charge in [0.1, 0.15) is 29.6 Å². The van der Waals surface area contributed by atoms with Gasteiger partial charge in [0.25, 0.3) is 11.8 Å². The first kappa shape index (κ1) is 59.9. The molecule has 0 spiro atoms. The number of cyclic esters (lactones) is 1. The van der Waals surface area contributed by atoms with Crippen LogP contribution in [0.4, 0.5) is 0 Å². The van der Waals surface area contributed by atoms with Crippen molar-refractivity contribution in [1.82, 2.24) is 40.1 Å². The Bertz CT molecular complexity index is 2800. The molecule has 3 atom stereocenters. The first-order valence-corrected chi connectivity index (χ1v) is 24.4. The third-order valence-electron chi connectivity index (χ3n) is 13.2. The third-order valence-corrected chi connectivity index (χ3v) is 13.2. The molecule has 15 nitrogen and oxygen atoms in total. The number of aromatic hydroxyl groups is 1. The lowest BCUT2D eigenvalue weighted by Gasteiger charge is -2.36. The van der Waals surface area contributed by atoms with Gasteiger partial charge in [-0.25, -0.2) is 5.43 Å². The predicted molar refractivity (Wildman–Crippen MR) is 302 cm³/mol. The van der Waals surface area contributed by atoms with Crippen LogP contribution in [-0.2, 0) is 56.1 Å². The van der Waals surface area contributed by atoms with Gasteiger partial charge < -0.3 is 29.5 Å². The SMILES string of the molecule is CCc1ncccc1-c1c2c3cc(ccc3n1CC)-c1cc(O)cc(c1)C[C@H](NC(=O)[C@H](C(C)C)N(C)C(=O)c1ccc(CC(=O)/C=C/CN(C)C)cn1)C(=O)N1CCC[C@H](N1)C(=O)OCC(C)(C)C2.S.S.S. The number of hydrogen-bond acceptors (Lipinski definition) is 11. The van der Waals surface area contributed by atoms with Crippen molar-refractivity contribution in [1.29, 1.82) is 0 Å². The van der Waals surface area contributed by atoms with Crippen molar-refractivity contribution in [3.63, 3.8) is 0 Å². The Labute approximate surface area is 450 Å². The van der Waals surface area contributed by atoms with E-state index in [0.29, 0.717) is 43.5 Å². The van der Waals surface area contributed by atoms with Crippen molar-refractivity contribution in [3.8, 4) is 28.1 Å². The molecule has 18 heteroatoms. The van der Waals surface area contributed by atoms with Gasteiger partial charge in [-0.1, -0.05) is 58.9 Å². The van der Waals surface area contributed by atoms with Crippen LogP contribution in [0.3, 0.4) is 0 Å². The molecule has 6 bridgehead atoms. The van der Waals surface area contributed by atoms with E-state index in [2.05, 4.69) is 66.2 Å². The van der Waals surface area contributed by atoms with E-state index in [1.165, 1.54) is 29.2 Å². The van der Waals surface area contributed by atoms with Crippen LogP contribution < -0.4 is 10.7 Å². The van der Waals surface area contributed by atoms with Crippen molar-refractivity contribution < 1.29 is 33.8 Å². The highest BCUT2D eigenvalue weighted by molar-refractivity contribution is 7.59. The Kier molecular flexibility index (Phi) is 21.3. The van der Waals surface area contributed by atoms with E-state index in [1.807, 2.05) is 57.2 Å². The lowest BCUT2D eigenvalue weighted by atomic mass is 9.84. The number of aryl methyl sites for hydroxylation is 2. The molecule has 1 saturated heterocycles. The number of pyridine rings is 2. The fourth-order valence-electron chi connectivity index (χ4n) is 9.75. The number of amides is 3. The minimum atomic E-state index is -1.18. The number of ether oxygens (including phenoxy) is 1. The average Bonchev–Trinajstić information content (AvgIpc) is 3.63. The molecule has 0 unspecified atom stereocenters. The van der Waals surface area contributed by atoms with Gasteiger partial charge in [0, 0.05) is 79.5 Å². The lowest BCUT2D eigenvalue weighted by molar-refractivity contribution is -0.155. The van der Waals surface area contributed by atoms with Crippen LogP contribution in [0.15, 0.2) is 85.2 Å². The maximum atomic E-state index is 14.8. The van der Waals surface area contributed by atoms with Gasteiger partial charge in [-0.05, 0) is 129 Å². The molecule has 0 saturated carbocycles. The van der Waals surface area contributed by atoms with E-state index < -0.39 is 53.1 Å². The number of fused-ring (bicyclic) bond motifs is 6. The smallest absolute Gasteiger partial charge is 0.324 e. The molecule has 394 valence electrons. The summed E-state index contributed by atoms with van der Waals surface area (Å²) in [7, 11) is 5.35.